The Balaban J connectivity index is 1.97. The fraction of sp³-hybridized carbons (Fsp3) is 0.684. The first kappa shape index (κ1) is 15.8. The number of aryl methyl sites for hydroxylation is 2. The lowest BCUT2D eigenvalue weighted by molar-refractivity contribution is -0.0904. The van der Waals surface area contributed by atoms with Crippen molar-refractivity contribution in [3.8, 4) is 5.75 Å². The van der Waals surface area contributed by atoms with Gasteiger partial charge in [-0.25, -0.2) is 0 Å². The summed E-state index contributed by atoms with van der Waals surface area (Å²) in [5.41, 5.74) is 2.92. The largest absolute Gasteiger partial charge is 0.486 e. The van der Waals surface area contributed by atoms with Crippen LogP contribution in [0.1, 0.15) is 56.4 Å². The van der Waals surface area contributed by atoms with Gasteiger partial charge >= 0.3 is 0 Å². The van der Waals surface area contributed by atoms with Crippen LogP contribution >= 0.6 is 0 Å². The van der Waals surface area contributed by atoms with Gasteiger partial charge in [0.05, 0.1) is 6.04 Å². The minimum Gasteiger partial charge on any atom is -0.486 e. The molecule has 0 radical (unpaired) electrons. The number of likely N-dealkylation sites (tertiary alicyclic amines) is 1. The van der Waals surface area contributed by atoms with Crippen LogP contribution in [-0.2, 0) is 0 Å². The molecule has 22 heavy (non-hydrogen) atoms. The van der Waals surface area contributed by atoms with Gasteiger partial charge in [-0.15, -0.1) is 0 Å². The number of piperidine rings is 1. The number of hydrogen-bond donors (Lipinski definition) is 1. The highest BCUT2D eigenvalue weighted by Crippen LogP contribution is 2.44. The van der Waals surface area contributed by atoms with Crippen molar-refractivity contribution in [1.82, 2.24) is 4.90 Å². The van der Waals surface area contributed by atoms with Crippen molar-refractivity contribution >= 4 is 0 Å². The van der Waals surface area contributed by atoms with E-state index in [0.717, 1.165) is 35.9 Å². The molecule has 0 saturated carbocycles. The predicted molar refractivity (Wildman–Crippen MR) is 89.3 cm³/mol. The molecule has 3 nitrogen and oxygen atoms in total. The first-order chi connectivity index (χ1) is 10.3. The van der Waals surface area contributed by atoms with E-state index in [0.29, 0.717) is 0 Å². The third-order valence-electron chi connectivity index (χ3n) is 5.38. The number of fused-ring (bicyclic) bond motifs is 1. The van der Waals surface area contributed by atoms with Crippen LogP contribution in [-0.4, -0.2) is 34.7 Å². The summed E-state index contributed by atoms with van der Waals surface area (Å²) >= 11 is 0. The third kappa shape index (κ3) is 2.65. The Morgan fingerprint density at radius 2 is 1.82 bits per heavy atom. The SMILES string of the molecule is Cc1cc(C)c2c(c1)OC(C)(C)C(N1CCC(C)CC1)C2O. The molecule has 0 bridgehead atoms. The average Bonchev–Trinajstić information content (AvgIpc) is 2.38. The number of aliphatic hydroxyl groups is 1. The quantitative estimate of drug-likeness (QED) is 0.860. The van der Waals surface area contributed by atoms with Gasteiger partial charge in [0, 0.05) is 5.56 Å². The topological polar surface area (TPSA) is 32.7 Å². The van der Waals surface area contributed by atoms with E-state index in [9.17, 15) is 5.11 Å². The van der Waals surface area contributed by atoms with Crippen LogP contribution in [0.3, 0.4) is 0 Å². The van der Waals surface area contributed by atoms with Crippen molar-refractivity contribution in [1.29, 1.82) is 0 Å². The molecule has 0 amide bonds. The van der Waals surface area contributed by atoms with Crippen molar-refractivity contribution in [3.05, 3.63) is 28.8 Å². The van der Waals surface area contributed by atoms with Crippen molar-refractivity contribution in [2.24, 2.45) is 5.92 Å². The molecule has 1 saturated heterocycles. The van der Waals surface area contributed by atoms with E-state index in [4.69, 9.17) is 4.74 Å². The summed E-state index contributed by atoms with van der Waals surface area (Å²) in [4.78, 5) is 2.44. The van der Waals surface area contributed by atoms with Crippen molar-refractivity contribution < 1.29 is 9.84 Å². The van der Waals surface area contributed by atoms with Crippen LogP contribution in [0.25, 0.3) is 0 Å². The molecule has 1 N–H and O–H groups in total. The summed E-state index contributed by atoms with van der Waals surface area (Å²) in [7, 11) is 0. The van der Waals surface area contributed by atoms with Gasteiger partial charge in [-0.2, -0.15) is 0 Å². The molecular weight excluding hydrogens is 274 g/mol. The van der Waals surface area contributed by atoms with Crippen molar-refractivity contribution in [2.45, 2.75) is 65.2 Å². The van der Waals surface area contributed by atoms with E-state index in [2.05, 4.69) is 51.7 Å². The normalized spacial score (nSPS) is 29.0. The number of nitrogens with zero attached hydrogens (tertiary/aromatic N) is 1. The molecule has 3 heteroatoms. The second kappa shape index (κ2) is 5.54. The molecule has 1 aromatic carbocycles. The fourth-order valence-electron chi connectivity index (χ4n) is 4.23. The Kier molecular flexibility index (Phi) is 3.98. The van der Waals surface area contributed by atoms with E-state index in [1.807, 2.05) is 0 Å². The molecule has 1 aromatic rings. The fourth-order valence-corrected chi connectivity index (χ4v) is 4.23. The predicted octanol–water partition coefficient (Wildman–Crippen LogP) is 3.61. The smallest absolute Gasteiger partial charge is 0.126 e. The van der Waals surface area contributed by atoms with Crippen LogP contribution in [0.5, 0.6) is 5.75 Å². The summed E-state index contributed by atoms with van der Waals surface area (Å²) < 4.78 is 6.34. The van der Waals surface area contributed by atoms with E-state index < -0.39 is 6.10 Å². The van der Waals surface area contributed by atoms with Gasteiger partial charge in [0.25, 0.3) is 0 Å². The molecule has 0 spiro atoms. The molecular formula is C19H29NO2. The Morgan fingerprint density at radius 1 is 1.18 bits per heavy atom. The number of aliphatic hydroxyl groups excluding tert-OH is 1. The minimum absolute atomic E-state index is 0.0221. The number of hydrogen-bond acceptors (Lipinski definition) is 3. The van der Waals surface area contributed by atoms with Gasteiger partial charge in [0.15, 0.2) is 0 Å². The van der Waals surface area contributed by atoms with Gasteiger partial charge in [0.2, 0.25) is 0 Å². The Hall–Kier alpha value is -1.06. The van der Waals surface area contributed by atoms with Gasteiger partial charge in [-0.1, -0.05) is 13.0 Å². The zero-order valence-corrected chi connectivity index (χ0v) is 14.5. The van der Waals surface area contributed by atoms with Gasteiger partial charge in [0.1, 0.15) is 17.5 Å². The summed E-state index contributed by atoms with van der Waals surface area (Å²) in [6, 6.07) is 4.22. The first-order valence-electron chi connectivity index (χ1n) is 8.52. The maximum atomic E-state index is 11.1. The number of rotatable bonds is 1. The van der Waals surface area contributed by atoms with Crippen molar-refractivity contribution in [2.75, 3.05) is 13.1 Å². The molecule has 3 rings (SSSR count). The number of benzene rings is 1. The lowest BCUT2D eigenvalue weighted by Gasteiger charge is -2.50. The van der Waals surface area contributed by atoms with Crippen LogP contribution < -0.4 is 4.74 Å². The van der Waals surface area contributed by atoms with Gasteiger partial charge in [-0.3, -0.25) is 4.90 Å². The zero-order chi connectivity index (χ0) is 16.1. The van der Waals surface area contributed by atoms with Crippen LogP contribution in [0.15, 0.2) is 12.1 Å². The molecule has 2 heterocycles. The highest BCUT2D eigenvalue weighted by atomic mass is 16.5. The van der Waals surface area contributed by atoms with E-state index in [-0.39, 0.29) is 11.6 Å². The van der Waals surface area contributed by atoms with Gasteiger partial charge < -0.3 is 9.84 Å². The lowest BCUT2D eigenvalue weighted by Crippen LogP contribution is -2.59. The summed E-state index contributed by atoms with van der Waals surface area (Å²) in [6.07, 6.45) is 1.94. The van der Waals surface area contributed by atoms with E-state index in [1.165, 1.54) is 18.4 Å². The van der Waals surface area contributed by atoms with E-state index >= 15 is 0 Å². The molecule has 122 valence electrons. The Bertz CT molecular complexity index is 559. The molecule has 0 aromatic heterocycles. The first-order valence-corrected chi connectivity index (χ1v) is 8.52. The molecule has 2 unspecified atom stereocenters. The zero-order valence-electron chi connectivity index (χ0n) is 14.5. The second-order valence-corrected chi connectivity index (χ2v) is 7.81. The minimum atomic E-state index is -0.479. The van der Waals surface area contributed by atoms with Crippen LogP contribution in [0.2, 0.25) is 0 Å². The maximum absolute atomic E-state index is 11.1. The third-order valence-corrected chi connectivity index (χ3v) is 5.38. The second-order valence-electron chi connectivity index (χ2n) is 7.81. The molecule has 0 aliphatic carbocycles. The highest BCUT2D eigenvalue weighted by Gasteiger charge is 2.47. The summed E-state index contributed by atoms with van der Waals surface area (Å²) in [6.45, 7) is 12.8. The molecule has 1 fully saturated rings. The average molecular weight is 303 g/mol. The monoisotopic (exact) mass is 303 g/mol. The van der Waals surface area contributed by atoms with Crippen LogP contribution in [0.4, 0.5) is 0 Å². The summed E-state index contributed by atoms with van der Waals surface area (Å²) in [5, 5.41) is 11.1. The standard InChI is InChI=1S/C19H29NO2/c1-12-6-8-20(9-7-12)18-17(21)16-14(3)10-13(2)11-15(16)22-19(18,4)5/h10-12,17-18,21H,6-9H2,1-5H3. The highest BCUT2D eigenvalue weighted by molar-refractivity contribution is 5.47. The molecule has 2 aliphatic rings. The summed E-state index contributed by atoms with van der Waals surface area (Å²) in [5.74, 6) is 1.65. The molecule has 2 atom stereocenters. The van der Waals surface area contributed by atoms with Crippen LogP contribution in [0, 0.1) is 19.8 Å². The Labute approximate surface area is 134 Å². The maximum Gasteiger partial charge on any atom is 0.126 e. The lowest BCUT2D eigenvalue weighted by atomic mass is 9.81. The molecule has 2 aliphatic heterocycles. The van der Waals surface area contributed by atoms with Crippen molar-refractivity contribution in [3.63, 3.8) is 0 Å². The number of ether oxygens (including phenoxy) is 1. The van der Waals surface area contributed by atoms with Gasteiger partial charge in [-0.05, 0) is 76.7 Å². The van der Waals surface area contributed by atoms with E-state index in [1.54, 1.807) is 0 Å². The Morgan fingerprint density at radius 3 is 2.45 bits per heavy atom.